The smallest absolute Gasteiger partial charge is 0.338 e. The minimum absolute atomic E-state index is 0.301. The Labute approximate surface area is 111 Å². The first-order chi connectivity index (χ1) is 9.19. The molecule has 3 nitrogen and oxygen atoms in total. The fraction of sp³-hybridized carbons (Fsp3) is 0.125. The lowest BCUT2D eigenvalue weighted by Gasteiger charge is -2.10. The van der Waals surface area contributed by atoms with E-state index in [0.717, 1.165) is 17.1 Å². The van der Waals surface area contributed by atoms with Crippen LogP contribution in [-0.2, 0) is 9.53 Å². The van der Waals surface area contributed by atoms with Crippen LogP contribution in [0.5, 0.6) is 0 Å². The maximum atomic E-state index is 11.8. The van der Waals surface area contributed by atoms with E-state index in [1.807, 2.05) is 24.3 Å². The first-order valence-electron chi connectivity index (χ1n) is 6.02. The summed E-state index contributed by atoms with van der Waals surface area (Å²) in [5, 5.41) is 1.63. The van der Waals surface area contributed by atoms with Crippen LogP contribution in [0, 0.1) is 0 Å². The SMILES string of the molecule is C=C(C(=O)OCC)c1ccc(C=O)c2ccccc12. The Kier molecular flexibility index (Phi) is 3.76. The summed E-state index contributed by atoms with van der Waals surface area (Å²) >= 11 is 0. The molecule has 0 saturated heterocycles. The Hall–Kier alpha value is -2.42. The summed E-state index contributed by atoms with van der Waals surface area (Å²) in [7, 11) is 0. The van der Waals surface area contributed by atoms with Gasteiger partial charge in [0.15, 0.2) is 6.29 Å². The second kappa shape index (κ2) is 5.48. The zero-order chi connectivity index (χ0) is 13.8. The molecule has 2 rings (SSSR count). The molecule has 0 saturated carbocycles. The third-order valence-corrected chi connectivity index (χ3v) is 2.93. The van der Waals surface area contributed by atoms with Crippen molar-refractivity contribution in [1.29, 1.82) is 0 Å². The zero-order valence-corrected chi connectivity index (χ0v) is 10.7. The fourth-order valence-electron chi connectivity index (χ4n) is 2.02. The molecule has 0 radical (unpaired) electrons. The minimum atomic E-state index is -0.438. The molecule has 0 unspecified atom stereocenters. The molecule has 0 spiro atoms. The van der Waals surface area contributed by atoms with Gasteiger partial charge in [0, 0.05) is 5.56 Å². The lowest BCUT2D eigenvalue weighted by molar-refractivity contribution is -0.136. The van der Waals surface area contributed by atoms with Gasteiger partial charge in [-0.05, 0) is 23.3 Å². The van der Waals surface area contributed by atoms with Crippen LogP contribution >= 0.6 is 0 Å². The predicted octanol–water partition coefficient (Wildman–Crippen LogP) is 3.23. The number of esters is 1. The molecular weight excluding hydrogens is 240 g/mol. The van der Waals surface area contributed by atoms with Crippen LogP contribution in [0.3, 0.4) is 0 Å². The van der Waals surface area contributed by atoms with Crippen LogP contribution in [0.1, 0.15) is 22.8 Å². The van der Waals surface area contributed by atoms with Crippen molar-refractivity contribution in [3.05, 3.63) is 54.1 Å². The standard InChI is InChI=1S/C16H14O3/c1-3-19-16(18)11(2)13-9-8-12(10-17)14-6-4-5-7-15(13)14/h4-10H,2-3H2,1H3. The van der Waals surface area contributed by atoms with E-state index in [0.29, 0.717) is 23.3 Å². The molecule has 2 aromatic carbocycles. The number of fused-ring (bicyclic) bond motifs is 1. The number of carbonyl (C=O) groups excluding carboxylic acids is 2. The van der Waals surface area contributed by atoms with E-state index in [-0.39, 0.29) is 0 Å². The average Bonchev–Trinajstić information content (AvgIpc) is 2.45. The Bertz CT molecular complexity index is 656. The van der Waals surface area contributed by atoms with Gasteiger partial charge in [0.25, 0.3) is 0 Å². The Morgan fingerprint density at radius 3 is 2.53 bits per heavy atom. The van der Waals surface area contributed by atoms with Gasteiger partial charge in [-0.2, -0.15) is 0 Å². The molecule has 0 aliphatic carbocycles. The number of hydrogen-bond acceptors (Lipinski definition) is 3. The van der Waals surface area contributed by atoms with Gasteiger partial charge in [0.1, 0.15) is 0 Å². The summed E-state index contributed by atoms with van der Waals surface area (Å²) in [6.07, 6.45) is 0.805. The largest absolute Gasteiger partial charge is 0.462 e. The van der Waals surface area contributed by atoms with Gasteiger partial charge in [0.05, 0.1) is 12.2 Å². The van der Waals surface area contributed by atoms with E-state index in [4.69, 9.17) is 4.74 Å². The molecule has 19 heavy (non-hydrogen) atoms. The molecule has 0 atom stereocenters. The van der Waals surface area contributed by atoms with E-state index in [1.165, 1.54) is 0 Å². The molecular formula is C16H14O3. The van der Waals surface area contributed by atoms with Gasteiger partial charge in [0.2, 0.25) is 0 Å². The summed E-state index contributed by atoms with van der Waals surface area (Å²) in [5.41, 5.74) is 1.59. The van der Waals surface area contributed by atoms with Crippen molar-refractivity contribution >= 4 is 28.6 Å². The van der Waals surface area contributed by atoms with Crippen molar-refractivity contribution in [1.82, 2.24) is 0 Å². The van der Waals surface area contributed by atoms with Gasteiger partial charge in [-0.25, -0.2) is 4.79 Å². The Morgan fingerprint density at radius 1 is 1.21 bits per heavy atom. The highest BCUT2D eigenvalue weighted by Gasteiger charge is 2.14. The molecule has 0 aliphatic heterocycles. The lowest BCUT2D eigenvalue weighted by Crippen LogP contribution is -2.06. The number of aldehydes is 1. The first kappa shape index (κ1) is 13.0. The molecule has 0 heterocycles. The van der Waals surface area contributed by atoms with Gasteiger partial charge < -0.3 is 4.74 Å². The number of benzene rings is 2. The topological polar surface area (TPSA) is 43.4 Å². The van der Waals surface area contributed by atoms with E-state index in [9.17, 15) is 9.59 Å². The van der Waals surface area contributed by atoms with Crippen LogP contribution in [0.2, 0.25) is 0 Å². The van der Waals surface area contributed by atoms with Crippen molar-refractivity contribution in [2.24, 2.45) is 0 Å². The number of ether oxygens (including phenoxy) is 1. The summed E-state index contributed by atoms with van der Waals surface area (Å²) < 4.78 is 4.96. The van der Waals surface area contributed by atoms with Crippen molar-refractivity contribution in [3.63, 3.8) is 0 Å². The minimum Gasteiger partial charge on any atom is -0.462 e. The fourth-order valence-corrected chi connectivity index (χ4v) is 2.02. The van der Waals surface area contributed by atoms with Gasteiger partial charge in [-0.3, -0.25) is 4.79 Å². The lowest BCUT2D eigenvalue weighted by atomic mass is 9.96. The van der Waals surface area contributed by atoms with Crippen LogP contribution in [0.15, 0.2) is 43.0 Å². The highest BCUT2D eigenvalue weighted by molar-refractivity contribution is 6.20. The molecule has 3 heteroatoms. The third-order valence-electron chi connectivity index (χ3n) is 2.93. The summed E-state index contributed by atoms with van der Waals surface area (Å²) in [6, 6.07) is 10.8. The van der Waals surface area contributed by atoms with E-state index in [2.05, 4.69) is 6.58 Å². The molecule has 96 valence electrons. The zero-order valence-electron chi connectivity index (χ0n) is 10.7. The van der Waals surface area contributed by atoms with Crippen molar-refractivity contribution in [2.45, 2.75) is 6.92 Å². The second-order valence-electron chi connectivity index (χ2n) is 4.06. The van der Waals surface area contributed by atoms with Crippen molar-refractivity contribution in [3.8, 4) is 0 Å². The predicted molar refractivity (Wildman–Crippen MR) is 75.0 cm³/mol. The molecule has 0 bridgehead atoms. The number of rotatable bonds is 4. The Morgan fingerprint density at radius 2 is 1.89 bits per heavy atom. The van der Waals surface area contributed by atoms with Crippen LogP contribution in [-0.4, -0.2) is 18.9 Å². The van der Waals surface area contributed by atoms with Crippen molar-refractivity contribution in [2.75, 3.05) is 6.61 Å². The van der Waals surface area contributed by atoms with Crippen LogP contribution < -0.4 is 0 Å². The maximum Gasteiger partial charge on any atom is 0.338 e. The van der Waals surface area contributed by atoms with Gasteiger partial charge in [-0.15, -0.1) is 0 Å². The average molecular weight is 254 g/mol. The molecule has 0 aromatic heterocycles. The molecule has 0 amide bonds. The molecule has 0 fully saturated rings. The first-order valence-corrected chi connectivity index (χ1v) is 6.02. The number of carbonyl (C=O) groups is 2. The quantitative estimate of drug-likeness (QED) is 0.478. The van der Waals surface area contributed by atoms with E-state index < -0.39 is 5.97 Å². The van der Waals surface area contributed by atoms with E-state index in [1.54, 1.807) is 19.1 Å². The Balaban J connectivity index is 2.59. The van der Waals surface area contributed by atoms with Crippen LogP contribution in [0.4, 0.5) is 0 Å². The highest BCUT2D eigenvalue weighted by atomic mass is 16.5. The van der Waals surface area contributed by atoms with E-state index >= 15 is 0 Å². The molecule has 0 N–H and O–H groups in total. The third kappa shape index (κ3) is 2.40. The monoisotopic (exact) mass is 254 g/mol. The summed E-state index contributed by atoms with van der Waals surface area (Å²) in [6.45, 7) is 5.84. The summed E-state index contributed by atoms with van der Waals surface area (Å²) in [5.74, 6) is -0.438. The summed E-state index contributed by atoms with van der Waals surface area (Å²) in [4.78, 5) is 22.8. The van der Waals surface area contributed by atoms with Gasteiger partial charge >= 0.3 is 5.97 Å². The van der Waals surface area contributed by atoms with Crippen molar-refractivity contribution < 1.29 is 14.3 Å². The molecule has 0 aliphatic rings. The second-order valence-corrected chi connectivity index (χ2v) is 4.06. The van der Waals surface area contributed by atoms with Gasteiger partial charge in [-0.1, -0.05) is 43.0 Å². The maximum absolute atomic E-state index is 11.8. The van der Waals surface area contributed by atoms with Crippen LogP contribution in [0.25, 0.3) is 16.3 Å². The number of hydrogen-bond donors (Lipinski definition) is 0. The molecule has 2 aromatic rings. The normalized spacial score (nSPS) is 10.2. The highest BCUT2D eigenvalue weighted by Crippen LogP contribution is 2.27.